The van der Waals surface area contributed by atoms with Crippen molar-refractivity contribution in [2.45, 2.75) is 0 Å². The molecule has 2 rings (SSSR count). The van der Waals surface area contributed by atoms with Gasteiger partial charge in [0.2, 0.25) is 0 Å². The van der Waals surface area contributed by atoms with E-state index in [1.807, 2.05) is 48.6 Å². The smallest absolute Gasteiger partial charge is 0.154 e. The molecule has 76 valence electrons. The number of allylic oxidation sites excluding steroid dienone is 8. The van der Waals surface area contributed by atoms with E-state index in [9.17, 15) is 9.59 Å². The van der Waals surface area contributed by atoms with Gasteiger partial charge in [0.1, 0.15) is 6.29 Å². The van der Waals surface area contributed by atoms with Crippen molar-refractivity contribution in [1.29, 1.82) is 0 Å². The van der Waals surface area contributed by atoms with Crippen LogP contribution >= 0.6 is 0 Å². The van der Waals surface area contributed by atoms with Crippen LogP contribution in [0.15, 0.2) is 48.6 Å². The number of hydrogen-bond donors (Lipinski definition) is 0. The Morgan fingerprint density at radius 2 is 1.53 bits per heavy atom. The molecule has 0 bridgehead atoms. The zero-order chi connectivity index (χ0) is 10.7. The summed E-state index contributed by atoms with van der Waals surface area (Å²) in [5.74, 6) is -0.839. The fourth-order valence-corrected chi connectivity index (χ4v) is 1.88. The van der Waals surface area contributed by atoms with E-state index >= 15 is 0 Å². The highest BCUT2D eigenvalue weighted by molar-refractivity contribution is 5.98. The second-order valence-corrected chi connectivity index (χ2v) is 3.71. The number of carbonyl (C=O) groups excluding carboxylic acids is 2. The van der Waals surface area contributed by atoms with E-state index in [4.69, 9.17) is 0 Å². The molecule has 2 heteroatoms. The Morgan fingerprint density at radius 3 is 2.07 bits per heavy atom. The molecule has 1 unspecified atom stereocenters. The number of ketones is 1. The van der Waals surface area contributed by atoms with E-state index < -0.39 is 5.92 Å². The average molecular weight is 200 g/mol. The Balaban J connectivity index is 2.12. The highest BCUT2D eigenvalue weighted by Gasteiger charge is 2.29. The molecule has 0 heterocycles. The summed E-state index contributed by atoms with van der Waals surface area (Å²) in [4.78, 5) is 22.9. The molecule has 2 aliphatic carbocycles. The Bertz CT molecular complexity index is 361. The van der Waals surface area contributed by atoms with Gasteiger partial charge in [0, 0.05) is 5.92 Å². The highest BCUT2D eigenvalue weighted by Crippen LogP contribution is 2.24. The minimum absolute atomic E-state index is 0.0174. The third-order valence-corrected chi connectivity index (χ3v) is 2.74. The second-order valence-electron chi connectivity index (χ2n) is 3.71. The summed E-state index contributed by atoms with van der Waals surface area (Å²) in [6.07, 6.45) is 15.6. The van der Waals surface area contributed by atoms with Gasteiger partial charge in [0.25, 0.3) is 0 Å². The largest absolute Gasteiger partial charge is 0.303 e. The molecule has 0 aliphatic heterocycles. The number of hydrogen-bond acceptors (Lipinski definition) is 2. The van der Waals surface area contributed by atoms with Crippen LogP contribution in [0.3, 0.4) is 0 Å². The number of aldehydes is 1. The molecular weight excluding hydrogens is 188 g/mol. The van der Waals surface area contributed by atoms with Crippen molar-refractivity contribution in [1.82, 2.24) is 0 Å². The van der Waals surface area contributed by atoms with Crippen molar-refractivity contribution in [3.05, 3.63) is 48.6 Å². The lowest BCUT2D eigenvalue weighted by atomic mass is 9.85. The molecule has 0 saturated carbocycles. The number of Topliss-reactive ketones (excluding diaryl/α,β-unsaturated/α-hetero) is 1. The van der Waals surface area contributed by atoms with Gasteiger partial charge in [-0.25, -0.2) is 0 Å². The zero-order valence-electron chi connectivity index (χ0n) is 8.24. The summed E-state index contributed by atoms with van der Waals surface area (Å²) < 4.78 is 0. The van der Waals surface area contributed by atoms with Crippen molar-refractivity contribution in [2.75, 3.05) is 0 Å². The van der Waals surface area contributed by atoms with Crippen LogP contribution in [0.2, 0.25) is 0 Å². The molecule has 2 nitrogen and oxygen atoms in total. The third-order valence-electron chi connectivity index (χ3n) is 2.74. The first kappa shape index (κ1) is 9.84. The topological polar surface area (TPSA) is 34.1 Å². The highest BCUT2D eigenvalue weighted by atomic mass is 16.1. The Kier molecular flexibility index (Phi) is 2.77. The minimum Gasteiger partial charge on any atom is -0.303 e. The summed E-state index contributed by atoms with van der Waals surface area (Å²) in [5, 5.41) is 0. The molecule has 0 aromatic rings. The van der Waals surface area contributed by atoms with E-state index in [1.54, 1.807) is 0 Å². The van der Waals surface area contributed by atoms with E-state index in [-0.39, 0.29) is 17.6 Å². The molecular formula is C13H12O2. The zero-order valence-corrected chi connectivity index (χ0v) is 8.24. The van der Waals surface area contributed by atoms with Crippen molar-refractivity contribution in [2.24, 2.45) is 17.8 Å². The average Bonchev–Trinajstić information content (AvgIpc) is 2.91. The molecule has 0 aromatic carbocycles. The lowest BCUT2D eigenvalue weighted by Crippen LogP contribution is -2.26. The fourth-order valence-electron chi connectivity index (χ4n) is 1.88. The molecule has 1 atom stereocenters. The summed E-state index contributed by atoms with van der Waals surface area (Å²) >= 11 is 0. The molecule has 0 amide bonds. The Labute approximate surface area is 88.7 Å². The maximum Gasteiger partial charge on any atom is 0.154 e. The molecule has 0 fully saturated rings. The van der Waals surface area contributed by atoms with Crippen molar-refractivity contribution in [3.63, 3.8) is 0 Å². The molecule has 2 aliphatic rings. The van der Waals surface area contributed by atoms with Gasteiger partial charge in [-0.15, -0.1) is 0 Å². The third kappa shape index (κ3) is 1.89. The Morgan fingerprint density at radius 1 is 1.00 bits per heavy atom. The van der Waals surface area contributed by atoms with Gasteiger partial charge < -0.3 is 4.79 Å². The molecule has 15 heavy (non-hydrogen) atoms. The van der Waals surface area contributed by atoms with Gasteiger partial charge >= 0.3 is 0 Å². The molecule has 0 saturated heterocycles. The quantitative estimate of drug-likeness (QED) is 0.512. The number of carbonyl (C=O) groups is 2. The van der Waals surface area contributed by atoms with E-state index in [0.717, 1.165) is 6.29 Å². The van der Waals surface area contributed by atoms with Crippen molar-refractivity contribution >= 4 is 12.1 Å². The summed E-state index contributed by atoms with van der Waals surface area (Å²) in [7, 11) is 0. The Hall–Kier alpha value is -1.70. The van der Waals surface area contributed by atoms with Crippen LogP contribution in [0.25, 0.3) is 0 Å². The van der Waals surface area contributed by atoms with Crippen LogP contribution in [-0.2, 0) is 9.59 Å². The van der Waals surface area contributed by atoms with Crippen LogP contribution in [0.5, 0.6) is 0 Å². The normalized spacial score (nSPS) is 21.3. The summed E-state index contributed by atoms with van der Waals surface area (Å²) in [5.41, 5.74) is 0. The molecule has 0 aromatic heterocycles. The molecule has 0 N–H and O–H groups in total. The predicted octanol–water partition coefficient (Wildman–Crippen LogP) is 1.85. The van der Waals surface area contributed by atoms with Gasteiger partial charge in [-0.05, 0) is 0 Å². The van der Waals surface area contributed by atoms with Gasteiger partial charge in [0.15, 0.2) is 5.78 Å². The minimum atomic E-state index is -0.544. The van der Waals surface area contributed by atoms with Crippen LogP contribution in [-0.4, -0.2) is 12.1 Å². The van der Waals surface area contributed by atoms with Gasteiger partial charge in [-0.1, -0.05) is 48.6 Å². The van der Waals surface area contributed by atoms with Crippen molar-refractivity contribution < 1.29 is 9.59 Å². The van der Waals surface area contributed by atoms with Gasteiger partial charge in [-0.3, -0.25) is 4.79 Å². The lowest BCUT2D eigenvalue weighted by Gasteiger charge is -2.15. The van der Waals surface area contributed by atoms with Crippen molar-refractivity contribution in [3.8, 4) is 0 Å². The number of rotatable bonds is 4. The van der Waals surface area contributed by atoms with E-state index in [1.165, 1.54) is 0 Å². The SMILES string of the molecule is O=CC(C(=O)C1C=CC=C1)C1C=CC=C1. The summed E-state index contributed by atoms with van der Waals surface area (Å²) in [6, 6.07) is 0. The maximum absolute atomic E-state index is 12.0. The van der Waals surface area contributed by atoms with Crippen LogP contribution < -0.4 is 0 Å². The molecule has 0 radical (unpaired) electrons. The first-order chi connectivity index (χ1) is 7.33. The van der Waals surface area contributed by atoms with E-state index in [2.05, 4.69) is 0 Å². The maximum atomic E-state index is 12.0. The fraction of sp³-hybridized carbons (Fsp3) is 0.231. The predicted molar refractivity (Wildman–Crippen MR) is 58.1 cm³/mol. The lowest BCUT2D eigenvalue weighted by molar-refractivity contribution is -0.129. The van der Waals surface area contributed by atoms with Gasteiger partial charge in [0.05, 0.1) is 11.8 Å². The van der Waals surface area contributed by atoms with Crippen LogP contribution in [0.4, 0.5) is 0 Å². The van der Waals surface area contributed by atoms with Crippen LogP contribution in [0, 0.1) is 17.8 Å². The first-order valence-electron chi connectivity index (χ1n) is 5.02. The summed E-state index contributed by atoms with van der Waals surface area (Å²) in [6.45, 7) is 0. The van der Waals surface area contributed by atoms with Gasteiger partial charge in [-0.2, -0.15) is 0 Å². The molecule has 0 spiro atoms. The monoisotopic (exact) mass is 200 g/mol. The van der Waals surface area contributed by atoms with Crippen LogP contribution in [0.1, 0.15) is 0 Å². The standard InChI is InChI=1S/C13H12O2/c14-9-12(10-5-1-2-6-10)13(15)11-7-3-4-8-11/h1-12H. The van der Waals surface area contributed by atoms with E-state index in [0.29, 0.717) is 0 Å². The second kappa shape index (κ2) is 4.22. The first-order valence-corrected chi connectivity index (χ1v) is 5.02.